The molecule has 0 aromatic heterocycles. The number of benzene rings is 2. The highest BCUT2D eigenvalue weighted by molar-refractivity contribution is 5.79. The molecular formula is C21H26N2O2. The molecule has 1 atom stereocenters. The molecule has 0 spiro atoms. The summed E-state index contributed by atoms with van der Waals surface area (Å²) in [5, 5.41) is 2.89. The average molecular weight is 338 g/mol. The molecule has 2 aromatic rings. The minimum atomic E-state index is -0.294. The molecule has 0 heterocycles. The summed E-state index contributed by atoms with van der Waals surface area (Å²) < 4.78 is 0. The molecule has 132 valence electrons. The number of nitrogens with zero attached hydrogens (tertiary/aromatic N) is 1. The SMILES string of the molecule is CCN(CCc1ccccc1)C(=O)CC(NC(C)=O)c1ccccc1. The van der Waals surface area contributed by atoms with Crippen LogP contribution < -0.4 is 5.32 Å². The van der Waals surface area contributed by atoms with E-state index in [0.717, 1.165) is 12.0 Å². The fraction of sp³-hybridized carbons (Fsp3) is 0.333. The van der Waals surface area contributed by atoms with E-state index < -0.39 is 0 Å². The maximum Gasteiger partial charge on any atom is 0.224 e. The average Bonchev–Trinajstić information content (AvgIpc) is 2.63. The molecule has 0 fully saturated rings. The lowest BCUT2D eigenvalue weighted by Crippen LogP contribution is -2.37. The van der Waals surface area contributed by atoms with Crippen LogP contribution in [0.2, 0.25) is 0 Å². The van der Waals surface area contributed by atoms with Gasteiger partial charge in [0.2, 0.25) is 11.8 Å². The Labute approximate surface area is 149 Å². The molecule has 2 aromatic carbocycles. The molecule has 0 saturated heterocycles. The molecule has 1 unspecified atom stereocenters. The van der Waals surface area contributed by atoms with Crippen molar-refractivity contribution >= 4 is 11.8 Å². The monoisotopic (exact) mass is 338 g/mol. The van der Waals surface area contributed by atoms with Crippen molar-refractivity contribution in [3.8, 4) is 0 Å². The van der Waals surface area contributed by atoms with Crippen molar-refractivity contribution in [1.29, 1.82) is 0 Å². The largest absolute Gasteiger partial charge is 0.349 e. The topological polar surface area (TPSA) is 49.4 Å². The third kappa shape index (κ3) is 6.07. The predicted molar refractivity (Wildman–Crippen MR) is 100 cm³/mol. The second-order valence-corrected chi connectivity index (χ2v) is 6.08. The number of hydrogen-bond acceptors (Lipinski definition) is 2. The number of carbonyl (C=O) groups is 2. The Morgan fingerprint density at radius 3 is 2.16 bits per heavy atom. The van der Waals surface area contributed by atoms with Crippen LogP contribution >= 0.6 is 0 Å². The van der Waals surface area contributed by atoms with Crippen LogP contribution in [0.15, 0.2) is 60.7 Å². The molecule has 0 bridgehead atoms. The lowest BCUT2D eigenvalue weighted by Gasteiger charge is -2.25. The fourth-order valence-electron chi connectivity index (χ4n) is 2.85. The summed E-state index contributed by atoms with van der Waals surface area (Å²) in [4.78, 5) is 26.1. The van der Waals surface area contributed by atoms with Gasteiger partial charge >= 0.3 is 0 Å². The minimum absolute atomic E-state index is 0.0565. The number of nitrogens with one attached hydrogen (secondary N) is 1. The van der Waals surface area contributed by atoms with Crippen LogP contribution in [-0.4, -0.2) is 29.8 Å². The number of hydrogen-bond donors (Lipinski definition) is 1. The first-order valence-electron chi connectivity index (χ1n) is 8.74. The summed E-state index contributed by atoms with van der Waals surface area (Å²) >= 11 is 0. The standard InChI is InChI=1S/C21H26N2O2/c1-3-23(15-14-18-10-6-4-7-11-18)21(25)16-20(22-17(2)24)19-12-8-5-9-13-19/h4-13,20H,3,14-16H2,1-2H3,(H,22,24). The van der Waals surface area contributed by atoms with Gasteiger partial charge in [-0.25, -0.2) is 0 Å². The number of rotatable bonds is 8. The van der Waals surface area contributed by atoms with Crippen molar-refractivity contribution in [3.63, 3.8) is 0 Å². The van der Waals surface area contributed by atoms with E-state index in [-0.39, 0.29) is 24.3 Å². The van der Waals surface area contributed by atoms with Gasteiger partial charge in [-0.3, -0.25) is 9.59 Å². The first-order valence-corrected chi connectivity index (χ1v) is 8.74. The van der Waals surface area contributed by atoms with E-state index >= 15 is 0 Å². The van der Waals surface area contributed by atoms with Gasteiger partial charge in [-0.15, -0.1) is 0 Å². The van der Waals surface area contributed by atoms with Gasteiger partial charge in [0, 0.05) is 20.0 Å². The highest BCUT2D eigenvalue weighted by Gasteiger charge is 2.20. The molecule has 0 radical (unpaired) electrons. The van der Waals surface area contributed by atoms with E-state index in [1.165, 1.54) is 12.5 Å². The van der Waals surface area contributed by atoms with Gasteiger partial charge in [-0.2, -0.15) is 0 Å². The zero-order valence-corrected chi connectivity index (χ0v) is 14.9. The molecule has 25 heavy (non-hydrogen) atoms. The van der Waals surface area contributed by atoms with Crippen molar-refractivity contribution in [2.75, 3.05) is 13.1 Å². The summed E-state index contributed by atoms with van der Waals surface area (Å²) in [7, 11) is 0. The van der Waals surface area contributed by atoms with Gasteiger partial charge in [0.1, 0.15) is 0 Å². The van der Waals surface area contributed by atoms with Crippen LogP contribution in [0, 0.1) is 0 Å². The van der Waals surface area contributed by atoms with Crippen molar-refractivity contribution in [2.45, 2.75) is 32.7 Å². The summed E-state index contributed by atoms with van der Waals surface area (Å²) in [6.07, 6.45) is 1.10. The third-order valence-electron chi connectivity index (χ3n) is 4.21. The van der Waals surface area contributed by atoms with Crippen LogP contribution in [0.5, 0.6) is 0 Å². The lowest BCUT2D eigenvalue weighted by atomic mass is 10.0. The van der Waals surface area contributed by atoms with Gasteiger partial charge in [-0.05, 0) is 24.5 Å². The van der Waals surface area contributed by atoms with E-state index in [2.05, 4.69) is 17.4 Å². The van der Waals surface area contributed by atoms with Crippen LogP contribution in [0.3, 0.4) is 0 Å². The van der Waals surface area contributed by atoms with Crippen LogP contribution in [-0.2, 0) is 16.0 Å². The van der Waals surface area contributed by atoms with E-state index in [1.807, 2.05) is 60.4 Å². The smallest absolute Gasteiger partial charge is 0.224 e. The molecule has 0 aliphatic heterocycles. The molecule has 4 heteroatoms. The predicted octanol–water partition coefficient (Wildman–Crippen LogP) is 3.35. The second-order valence-electron chi connectivity index (χ2n) is 6.08. The maximum atomic E-state index is 12.7. The van der Waals surface area contributed by atoms with E-state index in [4.69, 9.17) is 0 Å². The Morgan fingerprint density at radius 2 is 1.60 bits per heavy atom. The minimum Gasteiger partial charge on any atom is -0.349 e. The first-order chi connectivity index (χ1) is 12.1. The summed E-state index contributed by atoms with van der Waals surface area (Å²) in [5.41, 5.74) is 2.17. The molecular weight excluding hydrogens is 312 g/mol. The number of carbonyl (C=O) groups excluding carboxylic acids is 2. The molecule has 2 amide bonds. The Bertz CT molecular complexity index is 671. The van der Waals surface area contributed by atoms with Crippen molar-refractivity contribution < 1.29 is 9.59 Å². The Balaban J connectivity index is 2.00. The Hall–Kier alpha value is -2.62. The third-order valence-corrected chi connectivity index (χ3v) is 4.21. The quantitative estimate of drug-likeness (QED) is 0.802. The maximum absolute atomic E-state index is 12.7. The van der Waals surface area contributed by atoms with E-state index in [9.17, 15) is 9.59 Å². The van der Waals surface area contributed by atoms with Crippen LogP contribution in [0.1, 0.15) is 37.4 Å². The van der Waals surface area contributed by atoms with Gasteiger partial charge in [0.15, 0.2) is 0 Å². The van der Waals surface area contributed by atoms with Gasteiger partial charge in [-0.1, -0.05) is 60.7 Å². The fourth-order valence-corrected chi connectivity index (χ4v) is 2.85. The first kappa shape index (κ1) is 18.7. The van der Waals surface area contributed by atoms with Gasteiger partial charge in [0.05, 0.1) is 12.5 Å². The number of likely N-dealkylation sites (N-methyl/N-ethyl adjacent to an activating group) is 1. The zero-order valence-electron chi connectivity index (χ0n) is 14.9. The van der Waals surface area contributed by atoms with Crippen molar-refractivity contribution in [1.82, 2.24) is 10.2 Å². The number of amides is 2. The Morgan fingerprint density at radius 1 is 1.00 bits per heavy atom. The molecule has 0 saturated carbocycles. The van der Waals surface area contributed by atoms with Crippen molar-refractivity contribution in [3.05, 3.63) is 71.8 Å². The zero-order chi connectivity index (χ0) is 18.1. The molecule has 4 nitrogen and oxygen atoms in total. The van der Waals surface area contributed by atoms with E-state index in [1.54, 1.807) is 0 Å². The molecule has 1 N–H and O–H groups in total. The highest BCUT2D eigenvalue weighted by Crippen LogP contribution is 2.18. The normalized spacial score (nSPS) is 11.6. The second kappa shape index (κ2) is 9.62. The van der Waals surface area contributed by atoms with Gasteiger partial charge in [0.25, 0.3) is 0 Å². The summed E-state index contributed by atoms with van der Waals surface area (Å²) in [6, 6.07) is 19.5. The summed E-state index contributed by atoms with van der Waals surface area (Å²) in [6.45, 7) is 4.81. The lowest BCUT2D eigenvalue weighted by molar-refractivity contribution is -0.131. The van der Waals surface area contributed by atoms with Crippen molar-refractivity contribution in [2.24, 2.45) is 0 Å². The van der Waals surface area contributed by atoms with E-state index in [0.29, 0.717) is 13.1 Å². The molecule has 0 aliphatic carbocycles. The van der Waals surface area contributed by atoms with Crippen LogP contribution in [0.25, 0.3) is 0 Å². The summed E-state index contributed by atoms with van der Waals surface area (Å²) in [5.74, 6) is -0.0741. The van der Waals surface area contributed by atoms with Gasteiger partial charge < -0.3 is 10.2 Å². The molecule has 0 aliphatic rings. The Kier molecular flexibility index (Phi) is 7.20. The molecule has 2 rings (SSSR count). The highest BCUT2D eigenvalue weighted by atomic mass is 16.2. The van der Waals surface area contributed by atoms with Crippen LogP contribution in [0.4, 0.5) is 0 Å².